The molecule has 0 fully saturated rings. The molecule has 0 spiro atoms. The minimum Gasteiger partial charge on any atom is -0.385 e. The zero-order valence-electron chi connectivity index (χ0n) is 9.44. The van der Waals surface area contributed by atoms with Gasteiger partial charge in [0.15, 0.2) is 0 Å². The lowest BCUT2D eigenvalue weighted by molar-refractivity contribution is 0.0945. The molecule has 1 atom stereocenters. The third-order valence-corrected chi connectivity index (χ3v) is 2.26. The lowest BCUT2D eigenvalue weighted by Crippen LogP contribution is -2.39. The predicted molar refractivity (Wildman–Crippen MR) is 53.7 cm³/mol. The fourth-order valence-corrected chi connectivity index (χ4v) is 0.993. The van der Waals surface area contributed by atoms with Crippen LogP contribution in [0.1, 0.15) is 27.2 Å². The van der Waals surface area contributed by atoms with Crippen LogP contribution in [0.15, 0.2) is 0 Å². The quantitative estimate of drug-likeness (QED) is 0.694. The van der Waals surface area contributed by atoms with Crippen LogP contribution in [-0.4, -0.2) is 32.7 Å². The maximum Gasteiger partial charge on any atom is 0.253 e. The average molecular weight is 209 g/mol. The van der Waals surface area contributed by atoms with E-state index in [9.17, 15) is 8.78 Å². The maximum atomic E-state index is 12.2. The molecule has 0 aromatic rings. The van der Waals surface area contributed by atoms with Gasteiger partial charge in [-0.25, -0.2) is 8.78 Å². The van der Waals surface area contributed by atoms with Gasteiger partial charge in [0.25, 0.3) is 6.43 Å². The predicted octanol–water partition coefficient (Wildman–Crippen LogP) is 2.29. The first-order chi connectivity index (χ1) is 6.39. The molecule has 0 heterocycles. The lowest BCUT2D eigenvalue weighted by Gasteiger charge is -2.26. The fraction of sp³-hybridized carbons (Fsp3) is 1.00. The molecule has 0 aromatic carbocycles. The van der Waals surface area contributed by atoms with Gasteiger partial charge in [-0.1, -0.05) is 13.8 Å². The van der Waals surface area contributed by atoms with E-state index in [4.69, 9.17) is 4.74 Å². The zero-order valence-corrected chi connectivity index (χ0v) is 9.44. The number of hydrogen-bond donors (Lipinski definition) is 1. The number of rotatable bonds is 7. The molecule has 0 radical (unpaired) electrons. The Balaban J connectivity index is 3.74. The topological polar surface area (TPSA) is 21.3 Å². The van der Waals surface area contributed by atoms with Gasteiger partial charge in [-0.05, 0) is 18.8 Å². The van der Waals surface area contributed by atoms with Gasteiger partial charge in [-0.15, -0.1) is 0 Å². The second kappa shape index (κ2) is 6.30. The lowest BCUT2D eigenvalue weighted by atomic mass is 9.89. The summed E-state index contributed by atoms with van der Waals surface area (Å²) >= 11 is 0. The van der Waals surface area contributed by atoms with Gasteiger partial charge in [0.2, 0.25) is 0 Å². The van der Waals surface area contributed by atoms with Crippen molar-refractivity contribution in [2.45, 2.75) is 39.7 Å². The highest BCUT2D eigenvalue weighted by Gasteiger charge is 2.21. The van der Waals surface area contributed by atoms with Crippen molar-refractivity contribution >= 4 is 0 Å². The molecule has 0 aliphatic carbocycles. The Morgan fingerprint density at radius 1 is 1.36 bits per heavy atom. The Morgan fingerprint density at radius 3 is 2.36 bits per heavy atom. The van der Waals surface area contributed by atoms with Crippen LogP contribution in [0.25, 0.3) is 0 Å². The highest BCUT2D eigenvalue weighted by atomic mass is 19.3. The Morgan fingerprint density at radius 2 is 1.93 bits per heavy atom. The first-order valence-corrected chi connectivity index (χ1v) is 4.89. The van der Waals surface area contributed by atoms with Crippen molar-refractivity contribution in [1.29, 1.82) is 0 Å². The van der Waals surface area contributed by atoms with Crippen molar-refractivity contribution in [3.8, 4) is 0 Å². The smallest absolute Gasteiger partial charge is 0.253 e. The van der Waals surface area contributed by atoms with Gasteiger partial charge in [0.1, 0.15) is 0 Å². The van der Waals surface area contributed by atoms with Crippen LogP contribution in [0.5, 0.6) is 0 Å². The molecule has 0 saturated carbocycles. The number of alkyl halides is 2. The van der Waals surface area contributed by atoms with Crippen LogP contribution in [0.3, 0.4) is 0 Å². The third kappa shape index (κ3) is 6.27. The minimum atomic E-state index is -2.30. The van der Waals surface area contributed by atoms with Crippen molar-refractivity contribution in [3.63, 3.8) is 0 Å². The largest absolute Gasteiger partial charge is 0.385 e. The standard InChI is InChI=1S/C10H21F2NO/c1-8(9(11)12)13-7-10(2,3)5-6-14-4/h8-9,13H,5-7H2,1-4H3. The molecule has 0 rings (SSSR count). The number of halogens is 2. The number of nitrogens with one attached hydrogen (secondary N) is 1. The monoisotopic (exact) mass is 209 g/mol. The van der Waals surface area contributed by atoms with Crippen LogP contribution in [0.2, 0.25) is 0 Å². The van der Waals surface area contributed by atoms with Crippen molar-refractivity contribution in [3.05, 3.63) is 0 Å². The Kier molecular flexibility index (Phi) is 6.20. The molecule has 0 amide bonds. The molecule has 0 aromatic heterocycles. The fourth-order valence-electron chi connectivity index (χ4n) is 0.993. The van der Waals surface area contributed by atoms with E-state index in [1.165, 1.54) is 6.92 Å². The molecule has 2 nitrogen and oxygen atoms in total. The average Bonchev–Trinajstić information content (AvgIpc) is 2.11. The number of methoxy groups -OCH3 is 1. The molecule has 1 N–H and O–H groups in total. The molecule has 0 aliphatic rings. The maximum absolute atomic E-state index is 12.2. The molecule has 1 unspecified atom stereocenters. The summed E-state index contributed by atoms with van der Waals surface area (Å²) in [5.41, 5.74) is -0.000833. The summed E-state index contributed by atoms with van der Waals surface area (Å²) in [6, 6.07) is -0.739. The van der Waals surface area contributed by atoms with Gasteiger partial charge in [0.05, 0.1) is 6.04 Å². The first kappa shape index (κ1) is 13.8. The first-order valence-electron chi connectivity index (χ1n) is 4.89. The van der Waals surface area contributed by atoms with Gasteiger partial charge >= 0.3 is 0 Å². The second-order valence-corrected chi connectivity index (χ2v) is 4.41. The van der Waals surface area contributed by atoms with E-state index in [0.717, 1.165) is 6.42 Å². The second-order valence-electron chi connectivity index (χ2n) is 4.41. The Labute approximate surface area is 85.0 Å². The minimum absolute atomic E-state index is 0.000833. The number of ether oxygens (including phenoxy) is 1. The molecule has 0 saturated heterocycles. The van der Waals surface area contributed by atoms with E-state index in [1.807, 2.05) is 13.8 Å². The van der Waals surface area contributed by atoms with Gasteiger partial charge in [-0.2, -0.15) is 0 Å². The van der Waals surface area contributed by atoms with E-state index >= 15 is 0 Å². The van der Waals surface area contributed by atoms with Crippen LogP contribution in [0, 0.1) is 5.41 Å². The molecule has 86 valence electrons. The summed E-state index contributed by atoms with van der Waals surface area (Å²) in [7, 11) is 1.64. The van der Waals surface area contributed by atoms with Crippen molar-refractivity contribution in [2.24, 2.45) is 5.41 Å². The van der Waals surface area contributed by atoms with Crippen LogP contribution >= 0.6 is 0 Å². The van der Waals surface area contributed by atoms with E-state index in [-0.39, 0.29) is 5.41 Å². The molecule has 4 heteroatoms. The summed E-state index contributed by atoms with van der Waals surface area (Å²) in [4.78, 5) is 0. The zero-order chi connectivity index (χ0) is 11.2. The molecule has 0 aliphatic heterocycles. The van der Waals surface area contributed by atoms with Crippen LogP contribution in [0.4, 0.5) is 8.78 Å². The number of hydrogen-bond acceptors (Lipinski definition) is 2. The SMILES string of the molecule is COCCC(C)(C)CNC(C)C(F)F. The van der Waals surface area contributed by atoms with Crippen LogP contribution in [-0.2, 0) is 4.74 Å². The molecular weight excluding hydrogens is 188 g/mol. The van der Waals surface area contributed by atoms with Gasteiger partial charge in [0, 0.05) is 20.3 Å². The summed E-state index contributed by atoms with van der Waals surface area (Å²) in [5.74, 6) is 0. The summed E-state index contributed by atoms with van der Waals surface area (Å²) in [6.07, 6.45) is -1.43. The van der Waals surface area contributed by atoms with Gasteiger partial charge < -0.3 is 10.1 Å². The van der Waals surface area contributed by atoms with Crippen molar-refractivity contribution in [2.75, 3.05) is 20.3 Å². The molecule has 0 bridgehead atoms. The van der Waals surface area contributed by atoms with Crippen molar-refractivity contribution in [1.82, 2.24) is 5.32 Å². The van der Waals surface area contributed by atoms with Gasteiger partial charge in [-0.3, -0.25) is 0 Å². The summed E-state index contributed by atoms with van der Waals surface area (Å²) in [6.45, 7) is 6.82. The Hall–Kier alpha value is -0.220. The van der Waals surface area contributed by atoms with Crippen molar-refractivity contribution < 1.29 is 13.5 Å². The van der Waals surface area contributed by atoms with E-state index < -0.39 is 12.5 Å². The van der Waals surface area contributed by atoms with E-state index in [1.54, 1.807) is 7.11 Å². The Bertz CT molecular complexity index is 151. The van der Waals surface area contributed by atoms with Crippen LogP contribution < -0.4 is 5.32 Å². The summed E-state index contributed by atoms with van der Waals surface area (Å²) < 4.78 is 29.3. The highest BCUT2D eigenvalue weighted by molar-refractivity contribution is 4.74. The highest BCUT2D eigenvalue weighted by Crippen LogP contribution is 2.19. The molecular formula is C10H21F2NO. The summed E-state index contributed by atoms with van der Waals surface area (Å²) in [5, 5.41) is 2.83. The third-order valence-electron chi connectivity index (χ3n) is 2.26. The van der Waals surface area contributed by atoms with E-state index in [0.29, 0.717) is 13.2 Å². The molecule has 14 heavy (non-hydrogen) atoms. The normalized spacial score (nSPS) is 14.8. The van der Waals surface area contributed by atoms with E-state index in [2.05, 4.69) is 5.32 Å².